The summed E-state index contributed by atoms with van der Waals surface area (Å²) in [5, 5.41) is 57.6. The maximum absolute atomic E-state index is 11.8. The molecule has 0 bridgehead atoms. The number of carboxylic acid groups (broad SMARTS) is 5. The Morgan fingerprint density at radius 3 is 1.60 bits per heavy atom. The van der Waals surface area contributed by atoms with Gasteiger partial charge in [0, 0.05) is 37.3 Å². The van der Waals surface area contributed by atoms with E-state index in [1.165, 1.54) is 34.1 Å². The molecule has 16 heteroatoms. The van der Waals surface area contributed by atoms with Crippen LogP contribution in [0.15, 0.2) is 24.3 Å². The molecule has 0 aliphatic carbocycles. The van der Waals surface area contributed by atoms with Gasteiger partial charge in [0.2, 0.25) is 0 Å². The van der Waals surface area contributed by atoms with Crippen LogP contribution in [0.25, 0.3) is 0 Å². The predicted molar refractivity (Wildman–Crippen MR) is 137 cm³/mol. The molecule has 0 aliphatic rings. The largest absolute Gasteiger partial charge is 0.480 e. The second-order valence-electron chi connectivity index (χ2n) is 9.15. The Morgan fingerprint density at radius 1 is 0.750 bits per heavy atom. The highest BCUT2D eigenvalue weighted by atomic mass is 16.6. The smallest absolute Gasteiger partial charge is 0.317 e. The lowest BCUT2D eigenvalue weighted by Crippen LogP contribution is -2.52. The van der Waals surface area contributed by atoms with Gasteiger partial charge in [-0.05, 0) is 24.8 Å². The first-order valence-electron chi connectivity index (χ1n) is 12.2. The molecule has 1 rings (SSSR count). The van der Waals surface area contributed by atoms with Crippen LogP contribution in [0, 0.1) is 10.1 Å². The van der Waals surface area contributed by atoms with E-state index in [0.717, 1.165) is 4.90 Å². The number of hydrogen-bond acceptors (Lipinski definition) is 10. The van der Waals surface area contributed by atoms with Crippen molar-refractivity contribution in [2.24, 2.45) is 0 Å². The average Bonchev–Trinajstić information content (AvgIpc) is 2.82. The number of nitro benzene ring substituents is 1. The summed E-state index contributed by atoms with van der Waals surface area (Å²) >= 11 is 0. The highest BCUT2D eigenvalue weighted by Crippen LogP contribution is 2.19. The summed E-state index contributed by atoms with van der Waals surface area (Å²) in [6.07, 6.45) is 0.574. The summed E-state index contributed by atoms with van der Waals surface area (Å²) in [5.74, 6) is -6.33. The zero-order valence-electron chi connectivity index (χ0n) is 21.9. The number of non-ortho nitro benzene ring substituents is 1. The van der Waals surface area contributed by atoms with Gasteiger partial charge >= 0.3 is 29.8 Å². The fourth-order valence-corrected chi connectivity index (χ4v) is 4.36. The van der Waals surface area contributed by atoms with E-state index in [0.29, 0.717) is 12.0 Å². The van der Waals surface area contributed by atoms with Crippen LogP contribution in [0.3, 0.4) is 0 Å². The monoisotopic (exact) mass is 570 g/mol. The Kier molecular flexibility index (Phi) is 14.2. The topological polar surface area (TPSA) is 239 Å². The van der Waals surface area contributed by atoms with Crippen LogP contribution in [-0.2, 0) is 30.4 Å². The van der Waals surface area contributed by atoms with E-state index in [-0.39, 0.29) is 31.6 Å². The van der Waals surface area contributed by atoms with Crippen LogP contribution in [0.4, 0.5) is 5.69 Å². The minimum absolute atomic E-state index is 0.00815. The second kappa shape index (κ2) is 16.7. The molecule has 0 radical (unpaired) electrons. The number of hydrogen-bond donors (Lipinski definition) is 5. The third-order valence-corrected chi connectivity index (χ3v) is 6.08. The van der Waals surface area contributed by atoms with Gasteiger partial charge in [-0.25, -0.2) is 0 Å². The maximum atomic E-state index is 11.8. The van der Waals surface area contributed by atoms with E-state index in [9.17, 15) is 49.4 Å². The van der Waals surface area contributed by atoms with E-state index in [1.807, 2.05) is 0 Å². The lowest BCUT2D eigenvalue weighted by atomic mass is 10.0. The van der Waals surface area contributed by atoms with Crippen molar-refractivity contribution < 1.29 is 54.4 Å². The molecule has 5 N–H and O–H groups in total. The van der Waals surface area contributed by atoms with E-state index in [4.69, 9.17) is 10.2 Å². The molecule has 16 nitrogen and oxygen atoms in total. The van der Waals surface area contributed by atoms with Crippen molar-refractivity contribution in [2.75, 3.05) is 45.8 Å². The molecule has 2 unspecified atom stereocenters. The molecule has 1 aromatic carbocycles. The fraction of sp³-hybridized carbons (Fsp3) is 0.542. The molecule has 0 spiro atoms. The van der Waals surface area contributed by atoms with Crippen LogP contribution in [0.1, 0.15) is 25.3 Å². The van der Waals surface area contributed by atoms with Crippen molar-refractivity contribution in [1.82, 2.24) is 14.7 Å². The minimum Gasteiger partial charge on any atom is -0.480 e. The van der Waals surface area contributed by atoms with Crippen LogP contribution in [0.2, 0.25) is 0 Å². The van der Waals surface area contributed by atoms with Crippen LogP contribution < -0.4 is 0 Å². The summed E-state index contributed by atoms with van der Waals surface area (Å²) in [4.78, 5) is 71.4. The summed E-state index contributed by atoms with van der Waals surface area (Å²) in [5.41, 5.74) is 0.341. The van der Waals surface area contributed by atoms with Crippen molar-refractivity contribution in [3.05, 3.63) is 39.9 Å². The molecule has 0 fully saturated rings. The molecule has 40 heavy (non-hydrogen) atoms. The highest BCUT2D eigenvalue weighted by Gasteiger charge is 2.30. The van der Waals surface area contributed by atoms with Gasteiger partial charge in [-0.3, -0.25) is 48.8 Å². The Bertz CT molecular complexity index is 1020. The quantitative estimate of drug-likeness (QED) is 0.0965. The molecule has 0 amide bonds. The number of nitro groups is 1. The Balaban J connectivity index is 3.34. The van der Waals surface area contributed by atoms with Gasteiger partial charge in [-0.1, -0.05) is 19.1 Å². The Hall–Kier alpha value is -4.15. The number of aliphatic carboxylic acids is 5. The molecule has 222 valence electrons. The zero-order chi connectivity index (χ0) is 30.4. The molecular formula is C24H34N4O12. The highest BCUT2D eigenvalue weighted by molar-refractivity contribution is 5.73. The van der Waals surface area contributed by atoms with Crippen molar-refractivity contribution in [3.63, 3.8) is 0 Å². The van der Waals surface area contributed by atoms with Gasteiger partial charge in [-0.2, -0.15) is 0 Å². The Labute approximate surface area is 229 Å². The minimum atomic E-state index is -1.32. The predicted octanol–water partition coefficient (Wildman–Crippen LogP) is 0.00360. The third kappa shape index (κ3) is 13.1. The first kappa shape index (κ1) is 33.9. The van der Waals surface area contributed by atoms with Crippen LogP contribution in [0.5, 0.6) is 0 Å². The number of nitrogens with zero attached hydrogens (tertiary/aromatic N) is 4. The zero-order valence-corrected chi connectivity index (χ0v) is 21.9. The molecule has 0 heterocycles. The van der Waals surface area contributed by atoms with Gasteiger partial charge in [-0.15, -0.1) is 0 Å². The lowest BCUT2D eigenvalue weighted by Gasteiger charge is -2.37. The molecule has 0 aromatic heterocycles. The van der Waals surface area contributed by atoms with Crippen molar-refractivity contribution in [2.45, 2.75) is 38.3 Å². The van der Waals surface area contributed by atoms with Crippen molar-refractivity contribution in [1.29, 1.82) is 0 Å². The molecular weight excluding hydrogens is 536 g/mol. The number of rotatable bonds is 21. The van der Waals surface area contributed by atoms with Crippen molar-refractivity contribution >= 4 is 35.5 Å². The summed E-state index contributed by atoms with van der Waals surface area (Å²) in [6, 6.07) is 4.01. The normalized spacial score (nSPS) is 12.8. The summed E-state index contributed by atoms with van der Waals surface area (Å²) < 4.78 is 0. The number of carbonyl (C=O) groups is 5. The number of carboxylic acids is 5. The molecule has 0 saturated carbocycles. The average molecular weight is 571 g/mol. The lowest BCUT2D eigenvalue weighted by molar-refractivity contribution is -0.384. The van der Waals surface area contributed by atoms with E-state index in [1.54, 1.807) is 6.92 Å². The first-order chi connectivity index (χ1) is 18.7. The van der Waals surface area contributed by atoms with Gasteiger partial charge in [0.15, 0.2) is 0 Å². The van der Waals surface area contributed by atoms with E-state index < -0.39 is 79.6 Å². The molecule has 0 saturated heterocycles. The van der Waals surface area contributed by atoms with E-state index >= 15 is 0 Å². The standard InChI is InChI=1S/C24H34N4O12/c1-2-17(7-8-25(11-20(29)30)12-21(31)32)26(13-22(33)34)10-19(27(14-23(35)36)15-24(37)38)9-16-3-5-18(6-4-16)28(39)40/h3-6,17,19H,2,7-15H2,1H3,(H,29,30)(H,31,32)(H,33,34)(H,35,36)(H,37,38). The molecule has 2 atom stereocenters. The van der Waals surface area contributed by atoms with Gasteiger partial charge in [0.25, 0.3) is 5.69 Å². The second-order valence-corrected chi connectivity index (χ2v) is 9.15. The van der Waals surface area contributed by atoms with Crippen LogP contribution >= 0.6 is 0 Å². The summed E-state index contributed by atoms with van der Waals surface area (Å²) in [7, 11) is 0. The third-order valence-electron chi connectivity index (χ3n) is 6.08. The summed E-state index contributed by atoms with van der Waals surface area (Å²) in [6.45, 7) is -1.31. The van der Waals surface area contributed by atoms with Crippen LogP contribution in [-0.4, -0.2) is 133 Å². The number of benzene rings is 1. The fourth-order valence-electron chi connectivity index (χ4n) is 4.36. The van der Waals surface area contributed by atoms with Gasteiger partial charge in [0.05, 0.1) is 37.6 Å². The first-order valence-corrected chi connectivity index (χ1v) is 12.2. The van der Waals surface area contributed by atoms with Crippen molar-refractivity contribution in [3.8, 4) is 0 Å². The SMILES string of the molecule is CCC(CCN(CC(=O)O)CC(=O)O)N(CC(=O)O)CC(Cc1ccc([N+](=O)[O-])cc1)N(CC(=O)O)CC(=O)O. The van der Waals surface area contributed by atoms with E-state index in [2.05, 4.69) is 0 Å². The van der Waals surface area contributed by atoms with Gasteiger partial charge < -0.3 is 25.5 Å². The molecule has 0 aliphatic heterocycles. The maximum Gasteiger partial charge on any atom is 0.317 e. The van der Waals surface area contributed by atoms with Gasteiger partial charge in [0.1, 0.15) is 0 Å². The molecule has 1 aromatic rings. The Morgan fingerprint density at radius 2 is 1.20 bits per heavy atom.